The van der Waals surface area contributed by atoms with Gasteiger partial charge in [0.05, 0.1) is 26.9 Å². The molecule has 0 saturated carbocycles. The summed E-state index contributed by atoms with van der Waals surface area (Å²) in [7, 11) is 4.99. The molecule has 0 aliphatic rings. The van der Waals surface area contributed by atoms with Gasteiger partial charge >= 0.3 is 0 Å². The molecule has 0 unspecified atom stereocenters. The number of amides is 1. The Balaban J connectivity index is 1.75. The van der Waals surface area contributed by atoms with Gasteiger partial charge in [0.1, 0.15) is 5.58 Å². The van der Waals surface area contributed by atoms with Crippen LogP contribution in [-0.2, 0) is 24.2 Å². The van der Waals surface area contributed by atoms with Crippen LogP contribution < -0.4 is 9.47 Å². The van der Waals surface area contributed by atoms with Gasteiger partial charge in [-0.15, -0.1) is 0 Å². The zero-order chi connectivity index (χ0) is 19.4. The first-order chi connectivity index (χ1) is 13.1. The number of fused-ring (bicyclic) bond motifs is 1. The Morgan fingerprint density at radius 1 is 1.11 bits per heavy atom. The molecule has 1 heterocycles. The van der Waals surface area contributed by atoms with Gasteiger partial charge in [0.25, 0.3) is 0 Å². The molecular weight excluding hydrogens is 342 g/mol. The van der Waals surface area contributed by atoms with Gasteiger partial charge in [-0.25, -0.2) is 0 Å². The first-order valence-electron chi connectivity index (χ1n) is 9.00. The SMILES string of the molecule is CCc1ccc2c(CC(=O)N(C)Cc3cccc(OC)c3OC)coc2c1. The Hall–Kier alpha value is -2.95. The maximum atomic E-state index is 12.7. The van der Waals surface area contributed by atoms with Crippen molar-refractivity contribution in [2.75, 3.05) is 21.3 Å². The standard InChI is InChI=1S/C22H25NO4/c1-5-15-9-10-18-17(14-27-20(18)11-15)12-21(24)23(2)13-16-7-6-8-19(25-3)22(16)26-4/h6-11,14H,5,12-13H2,1-4H3. The fourth-order valence-electron chi connectivity index (χ4n) is 3.20. The highest BCUT2D eigenvalue weighted by Crippen LogP contribution is 2.31. The summed E-state index contributed by atoms with van der Waals surface area (Å²) in [6.45, 7) is 2.55. The quantitative estimate of drug-likeness (QED) is 0.628. The molecule has 5 nitrogen and oxygen atoms in total. The van der Waals surface area contributed by atoms with Crippen molar-refractivity contribution >= 4 is 16.9 Å². The maximum Gasteiger partial charge on any atom is 0.227 e. The van der Waals surface area contributed by atoms with Crippen LogP contribution in [0.1, 0.15) is 23.6 Å². The highest BCUT2D eigenvalue weighted by atomic mass is 16.5. The summed E-state index contributed by atoms with van der Waals surface area (Å²) in [6, 6.07) is 11.8. The molecular formula is C22H25NO4. The number of carbonyl (C=O) groups is 1. The average molecular weight is 367 g/mol. The fraction of sp³-hybridized carbons (Fsp3) is 0.318. The van der Waals surface area contributed by atoms with Crippen LogP contribution in [0.2, 0.25) is 0 Å². The van der Waals surface area contributed by atoms with Crippen molar-refractivity contribution in [1.82, 2.24) is 4.90 Å². The lowest BCUT2D eigenvalue weighted by Crippen LogP contribution is -2.27. The summed E-state index contributed by atoms with van der Waals surface area (Å²) in [5.74, 6) is 1.33. The molecule has 0 fully saturated rings. The molecule has 0 saturated heterocycles. The average Bonchev–Trinajstić information content (AvgIpc) is 3.09. The molecule has 142 valence electrons. The molecule has 5 heteroatoms. The van der Waals surface area contributed by atoms with E-state index in [9.17, 15) is 4.79 Å². The Morgan fingerprint density at radius 2 is 1.93 bits per heavy atom. The summed E-state index contributed by atoms with van der Waals surface area (Å²) in [5.41, 5.74) is 3.85. The molecule has 0 aliphatic heterocycles. The third kappa shape index (κ3) is 3.92. The molecule has 1 aromatic heterocycles. The number of hydrogen-bond acceptors (Lipinski definition) is 4. The number of rotatable bonds is 7. The lowest BCUT2D eigenvalue weighted by Gasteiger charge is -2.20. The van der Waals surface area contributed by atoms with Gasteiger partial charge in [0, 0.05) is 30.1 Å². The zero-order valence-corrected chi connectivity index (χ0v) is 16.2. The van der Waals surface area contributed by atoms with Crippen LogP contribution >= 0.6 is 0 Å². The van der Waals surface area contributed by atoms with Crippen molar-refractivity contribution in [2.24, 2.45) is 0 Å². The van der Waals surface area contributed by atoms with E-state index in [2.05, 4.69) is 13.0 Å². The number of carbonyl (C=O) groups excluding carboxylic acids is 1. The lowest BCUT2D eigenvalue weighted by atomic mass is 10.1. The van der Waals surface area contributed by atoms with Crippen molar-refractivity contribution in [3.63, 3.8) is 0 Å². The van der Waals surface area contributed by atoms with Crippen molar-refractivity contribution in [3.8, 4) is 11.5 Å². The lowest BCUT2D eigenvalue weighted by molar-refractivity contribution is -0.129. The summed E-state index contributed by atoms with van der Waals surface area (Å²) in [6.07, 6.45) is 2.93. The van der Waals surface area contributed by atoms with Crippen LogP contribution in [0, 0.1) is 0 Å². The number of furan rings is 1. The minimum Gasteiger partial charge on any atom is -0.493 e. The number of nitrogens with zero attached hydrogens (tertiary/aromatic N) is 1. The van der Waals surface area contributed by atoms with Crippen molar-refractivity contribution in [2.45, 2.75) is 26.3 Å². The van der Waals surface area contributed by atoms with E-state index < -0.39 is 0 Å². The van der Waals surface area contributed by atoms with Crippen molar-refractivity contribution in [1.29, 1.82) is 0 Å². The van der Waals surface area contributed by atoms with Crippen molar-refractivity contribution in [3.05, 3.63) is 59.4 Å². The van der Waals surface area contributed by atoms with Crippen LogP contribution in [0.4, 0.5) is 0 Å². The Labute approximate surface area is 159 Å². The number of aryl methyl sites for hydroxylation is 1. The minimum atomic E-state index is 0.0159. The Bertz CT molecular complexity index is 945. The Morgan fingerprint density at radius 3 is 2.63 bits per heavy atom. The third-order valence-electron chi connectivity index (χ3n) is 4.79. The van der Waals surface area contributed by atoms with E-state index >= 15 is 0 Å². The van der Waals surface area contributed by atoms with E-state index in [4.69, 9.17) is 13.9 Å². The summed E-state index contributed by atoms with van der Waals surface area (Å²) in [5, 5.41) is 0.993. The molecule has 0 bridgehead atoms. The molecule has 1 amide bonds. The fourth-order valence-corrected chi connectivity index (χ4v) is 3.20. The van der Waals surface area contributed by atoms with Crippen LogP contribution in [0.25, 0.3) is 11.0 Å². The van der Waals surface area contributed by atoms with Crippen LogP contribution in [0.15, 0.2) is 47.1 Å². The normalized spacial score (nSPS) is 10.8. The predicted octanol–water partition coefficient (Wildman–Crippen LogP) is 4.21. The van der Waals surface area contributed by atoms with E-state index in [1.54, 1.807) is 32.4 Å². The van der Waals surface area contributed by atoms with Gasteiger partial charge in [-0.1, -0.05) is 31.2 Å². The van der Waals surface area contributed by atoms with E-state index in [0.29, 0.717) is 24.5 Å². The monoisotopic (exact) mass is 367 g/mol. The number of ether oxygens (including phenoxy) is 2. The number of benzene rings is 2. The number of methoxy groups -OCH3 is 2. The first kappa shape index (κ1) is 18.8. The smallest absolute Gasteiger partial charge is 0.227 e. The Kier molecular flexibility index (Phi) is 5.69. The van der Waals surface area contributed by atoms with Gasteiger partial charge in [-0.2, -0.15) is 0 Å². The van der Waals surface area contributed by atoms with E-state index in [1.807, 2.05) is 30.3 Å². The molecule has 2 aromatic carbocycles. The molecule has 0 radical (unpaired) electrons. The first-order valence-corrected chi connectivity index (χ1v) is 9.00. The van der Waals surface area contributed by atoms with Gasteiger partial charge in [0.15, 0.2) is 11.5 Å². The second-order valence-electron chi connectivity index (χ2n) is 6.52. The van der Waals surface area contributed by atoms with E-state index in [-0.39, 0.29) is 5.91 Å². The molecule has 0 aliphatic carbocycles. The van der Waals surface area contributed by atoms with Gasteiger partial charge in [-0.05, 0) is 24.1 Å². The molecule has 27 heavy (non-hydrogen) atoms. The highest BCUT2D eigenvalue weighted by molar-refractivity contribution is 5.88. The van der Waals surface area contributed by atoms with E-state index in [1.165, 1.54) is 5.56 Å². The van der Waals surface area contributed by atoms with Crippen LogP contribution in [-0.4, -0.2) is 32.1 Å². The summed E-state index contributed by atoms with van der Waals surface area (Å²) in [4.78, 5) is 14.4. The molecule has 3 aromatic rings. The highest BCUT2D eigenvalue weighted by Gasteiger charge is 2.17. The van der Waals surface area contributed by atoms with Crippen molar-refractivity contribution < 1.29 is 18.7 Å². The zero-order valence-electron chi connectivity index (χ0n) is 16.2. The van der Waals surface area contributed by atoms with Gasteiger partial charge in [-0.3, -0.25) is 4.79 Å². The topological polar surface area (TPSA) is 51.9 Å². The predicted molar refractivity (Wildman–Crippen MR) is 105 cm³/mol. The van der Waals surface area contributed by atoms with Crippen LogP contribution in [0.3, 0.4) is 0 Å². The maximum absolute atomic E-state index is 12.7. The van der Waals surface area contributed by atoms with Crippen LogP contribution in [0.5, 0.6) is 11.5 Å². The summed E-state index contributed by atoms with van der Waals surface area (Å²) < 4.78 is 16.4. The number of likely N-dealkylation sites (N-methyl/N-ethyl adjacent to an activating group) is 1. The third-order valence-corrected chi connectivity index (χ3v) is 4.79. The molecule has 0 spiro atoms. The minimum absolute atomic E-state index is 0.0159. The van der Waals surface area contributed by atoms with Gasteiger partial charge < -0.3 is 18.8 Å². The second-order valence-corrected chi connectivity index (χ2v) is 6.52. The molecule has 0 N–H and O–H groups in total. The molecule has 3 rings (SSSR count). The molecule has 0 atom stereocenters. The second kappa shape index (κ2) is 8.16. The van der Waals surface area contributed by atoms with E-state index in [0.717, 1.165) is 28.5 Å². The number of para-hydroxylation sites is 1. The largest absolute Gasteiger partial charge is 0.493 e. The van der Waals surface area contributed by atoms with Gasteiger partial charge in [0.2, 0.25) is 5.91 Å². The number of hydrogen-bond donors (Lipinski definition) is 0. The summed E-state index contributed by atoms with van der Waals surface area (Å²) >= 11 is 0.